The van der Waals surface area contributed by atoms with Gasteiger partial charge in [0.1, 0.15) is 11.6 Å². The lowest BCUT2D eigenvalue weighted by Gasteiger charge is -2.08. The molecule has 0 amide bonds. The van der Waals surface area contributed by atoms with Gasteiger partial charge in [0, 0.05) is 24.7 Å². The predicted octanol–water partition coefficient (Wildman–Crippen LogP) is 3.20. The molecular formula is C13H23N3. The molecule has 0 unspecified atom stereocenters. The number of hydrogen-bond donors (Lipinski definition) is 1. The molecule has 0 atom stereocenters. The van der Waals surface area contributed by atoms with Gasteiger partial charge in [-0.1, -0.05) is 26.7 Å². The Labute approximate surface area is 98.7 Å². The summed E-state index contributed by atoms with van der Waals surface area (Å²) in [7, 11) is 0. The van der Waals surface area contributed by atoms with Gasteiger partial charge in [-0.15, -0.1) is 0 Å². The third-order valence-electron chi connectivity index (χ3n) is 2.44. The SMILES string of the molecule is CCCCc1nc(CCC)cc(NCC)n1. The first-order valence-corrected chi connectivity index (χ1v) is 6.40. The third kappa shape index (κ3) is 4.17. The molecule has 0 bridgehead atoms. The van der Waals surface area contributed by atoms with Crippen LogP contribution in [-0.4, -0.2) is 16.5 Å². The van der Waals surface area contributed by atoms with Gasteiger partial charge in [-0.25, -0.2) is 9.97 Å². The summed E-state index contributed by atoms with van der Waals surface area (Å²) >= 11 is 0. The molecule has 3 nitrogen and oxygen atoms in total. The van der Waals surface area contributed by atoms with Crippen LogP contribution in [0.15, 0.2) is 6.07 Å². The molecule has 1 heterocycles. The molecule has 3 heteroatoms. The van der Waals surface area contributed by atoms with Crippen LogP contribution in [0, 0.1) is 0 Å². The summed E-state index contributed by atoms with van der Waals surface area (Å²) in [6, 6.07) is 2.07. The summed E-state index contributed by atoms with van der Waals surface area (Å²) in [5.74, 6) is 1.97. The molecule has 16 heavy (non-hydrogen) atoms. The Balaban J connectivity index is 2.80. The van der Waals surface area contributed by atoms with Gasteiger partial charge in [-0.05, 0) is 19.8 Å². The molecule has 90 valence electrons. The van der Waals surface area contributed by atoms with E-state index in [0.717, 1.165) is 37.4 Å². The van der Waals surface area contributed by atoms with E-state index >= 15 is 0 Å². The molecule has 0 saturated carbocycles. The van der Waals surface area contributed by atoms with Crippen molar-refractivity contribution in [3.05, 3.63) is 17.6 Å². The molecular weight excluding hydrogens is 198 g/mol. The number of anilines is 1. The van der Waals surface area contributed by atoms with Crippen LogP contribution in [0.4, 0.5) is 5.82 Å². The Kier molecular flexibility index (Phi) is 5.83. The molecule has 0 spiro atoms. The molecule has 0 radical (unpaired) electrons. The van der Waals surface area contributed by atoms with E-state index in [9.17, 15) is 0 Å². The van der Waals surface area contributed by atoms with Crippen LogP contribution >= 0.6 is 0 Å². The van der Waals surface area contributed by atoms with Crippen molar-refractivity contribution in [2.24, 2.45) is 0 Å². The summed E-state index contributed by atoms with van der Waals surface area (Å²) < 4.78 is 0. The molecule has 0 fully saturated rings. The van der Waals surface area contributed by atoms with E-state index in [2.05, 4.69) is 42.1 Å². The summed E-state index contributed by atoms with van der Waals surface area (Å²) in [4.78, 5) is 9.11. The van der Waals surface area contributed by atoms with Crippen molar-refractivity contribution in [2.75, 3.05) is 11.9 Å². The molecule has 0 aliphatic heterocycles. The first kappa shape index (κ1) is 12.9. The van der Waals surface area contributed by atoms with E-state index in [0.29, 0.717) is 0 Å². The zero-order chi connectivity index (χ0) is 11.8. The van der Waals surface area contributed by atoms with Gasteiger partial charge in [0.05, 0.1) is 0 Å². The van der Waals surface area contributed by atoms with Crippen molar-refractivity contribution in [3.8, 4) is 0 Å². The number of nitrogens with one attached hydrogen (secondary N) is 1. The minimum atomic E-state index is 0.912. The molecule has 0 saturated heterocycles. The van der Waals surface area contributed by atoms with Crippen LogP contribution in [0.1, 0.15) is 51.6 Å². The second-order valence-electron chi connectivity index (χ2n) is 4.04. The lowest BCUT2D eigenvalue weighted by atomic mass is 10.2. The van der Waals surface area contributed by atoms with Crippen molar-refractivity contribution in [1.29, 1.82) is 0 Å². The topological polar surface area (TPSA) is 37.8 Å². The van der Waals surface area contributed by atoms with Crippen molar-refractivity contribution < 1.29 is 0 Å². The highest BCUT2D eigenvalue weighted by Gasteiger charge is 2.03. The summed E-state index contributed by atoms with van der Waals surface area (Å²) in [6.07, 6.45) is 5.53. The zero-order valence-electron chi connectivity index (χ0n) is 10.7. The van der Waals surface area contributed by atoms with Crippen molar-refractivity contribution in [3.63, 3.8) is 0 Å². The summed E-state index contributed by atoms with van der Waals surface area (Å²) in [6.45, 7) is 7.38. The highest BCUT2D eigenvalue weighted by Crippen LogP contribution is 2.10. The molecule has 0 aliphatic carbocycles. The fourth-order valence-electron chi connectivity index (χ4n) is 1.65. The highest BCUT2D eigenvalue weighted by molar-refractivity contribution is 5.36. The van der Waals surface area contributed by atoms with Crippen molar-refractivity contribution >= 4 is 5.82 Å². The van der Waals surface area contributed by atoms with Gasteiger partial charge in [0.25, 0.3) is 0 Å². The van der Waals surface area contributed by atoms with Gasteiger partial charge in [-0.3, -0.25) is 0 Å². The molecule has 1 N–H and O–H groups in total. The second kappa shape index (κ2) is 7.20. The Hall–Kier alpha value is -1.12. The third-order valence-corrected chi connectivity index (χ3v) is 2.44. The first-order valence-electron chi connectivity index (χ1n) is 6.40. The maximum atomic E-state index is 4.59. The van der Waals surface area contributed by atoms with E-state index in [-0.39, 0.29) is 0 Å². The van der Waals surface area contributed by atoms with Crippen LogP contribution in [0.2, 0.25) is 0 Å². The Bertz CT molecular complexity index is 286. The van der Waals surface area contributed by atoms with Gasteiger partial charge >= 0.3 is 0 Å². The Morgan fingerprint density at radius 3 is 2.50 bits per heavy atom. The van der Waals surface area contributed by atoms with Gasteiger partial charge < -0.3 is 5.32 Å². The normalized spacial score (nSPS) is 10.4. The molecule has 0 aromatic carbocycles. The van der Waals surface area contributed by atoms with Crippen molar-refractivity contribution in [1.82, 2.24) is 9.97 Å². The minimum Gasteiger partial charge on any atom is -0.370 e. The molecule has 0 aliphatic rings. The minimum absolute atomic E-state index is 0.912. The lowest BCUT2D eigenvalue weighted by Crippen LogP contribution is -2.06. The number of aryl methyl sites for hydroxylation is 2. The standard InChI is InChI=1S/C13H23N3/c1-4-7-9-12-15-11(8-5-2)10-13(16-12)14-6-3/h10H,4-9H2,1-3H3,(H,14,15,16). The number of hydrogen-bond acceptors (Lipinski definition) is 3. The fraction of sp³-hybridized carbons (Fsp3) is 0.692. The van der Waals surface area contributed by atoms with Crippen LogP contribution in [0.5, 0.6) is 0 Å². The Morgan fingerprint density at radius 2 is 1.88 bits per heavy atom. The lowest BCUT2D eigenvalue weighted by molar-refractivity contribution is 0.738. The first-order chi connectivity index (χ1) is 7.80. The quantitative estimate of drug-likeness (QED) is 0.768. The molecule has 1 aromatic rings. The van der Waals surface area contributed by atoms with Crippen LogP contribution in [0.25, 0.3) is 0 Å². The van der Waals surface area contributed by atoms with E-state index in [1.165, 1.54) is 18.5 Å². The van der Waals surface area contributed by atoms with E-state index in [4.69, 9.17) is 0 Å². The van der Waals surface area contributed by atoms with Crippen LogP contribution < -0.4 is 5.32 Å². The van der Waals surface area contributed by atoms with Crippen molar-refractivity contribution in [2.45, 2.75) is 52.9 Å². The largest absolute Gasteiger partial charge is 0.370 e. The summed E-state index contributed by atoms with van der Waals surface area (Å²) in [5.41, 5.74) is 1.17. The maximum absolute atomic E-state index is 4.59. The van der Waals surface area contributed by atoms with Gasteiger partial charge in [0.2, 0.25) is 0 Å². The monoisotopic (exact) mass is 221 g/mol. The molecule has 1 rings (SSSR count). The van der Waals surface area contributed by atoms with Gasteiger partial charge in [-0.2, -0.15) is 0 Å². The second-order valence-corrected chi connectivity index (χ2v) is 4.04. The number of aromatic nitrogens is 2. The van der Waals surface area contributed by atoms with E-state index in [1.54, 1.807) is 0 Å². The van der Waals surface area contributed by atoms with Crippen LogP contribution in [0.3, 0.4) is 0 Å². The van der Waals surface area contributed by atoms with E-state index < -0.39 is 0 Å². The van der Waals surface area contributed by atoms with Crippen LogP contribution in [-0.2, 0) is 12.8 Å². The maximum Gasteiger partial charge on any atom is 0.131 e. The van der Waals surface area contributed by atoms with E-state index in [1.807, 2.05) is 0 Å². The zero-order valence-corrected chi connectivity index (χ0v) is 10.7. The number of unbranched alkanes of at least 4 members (excludes halogenated alkanes) is 1. The smallest absolute Gasteiger partial charge is 0.131 e. The number of rotatable bonds is 7. The fourth-order valence-corrected chi connectivity index (χ4v) is 1.65. The average Bonchev–Trinajstić information content (AvgIpc) is 2.27. The average molecular weight is 221 g/mol. The molecule has 1 aromatic heterocycles. The highest BCUT2D eigenvalue weighted by atomic mass is 15.0. The summed E-state index contributed by atoms with van der Waals surface area (Å²) in [5, 5.41) is 3.27. The number of nitrogens with zero attached hydrogens (tertiary/aromatic N) is 2. The van der Waals surface area contributed by atoms with Gasteiger partial charge in [0.15, 0.2) is 0 Å². The predicted molar refractivity (Wildman–Crippen MR) is 68.8 cm³/mol. The Morgan fingerprint density at radius 1 is 1.06 bits per heavy atom.